The zero-order valence-electron chi connectivity index (χ0n) is 13.1. The first kappa shape index (κ1) is 15.8. The molecule has 1 aliphatic carbocycles. The maximum Gasteiger partial charge on any atom is 0.253 e. The van der Waals surface area contributed by atoms with Crippen molar-refractivity contribution in [2.45, 2.75) is 45.1 Å². The van der Waals surface area contributed by atoms with Crippen LogP contribution >= 0.6 is 0 Å². The number of hydrogen-bond donors (Lipinski definition) is 2. The van der Waals surface area contributed by atoms with Crippen LogP contribution in [0.3, 0.4) is 0 Å². The number of amides is 1. The average Bonchev–Trinajstić information content (AvgIpc) is 2.84. The van der Waals surface area contributed by atoms with Gasteiger partial charge in [0.05, 0.1) is 5.60 Å². The molecule has 0 atom stereocenters. The molecule has 0 bridgehead atoms. The van der Waals surface area contributed by atoms with Crippen molar-refractivity contribution >= 4 is 11.7 Å². The van der Waals surface area contributed by atoms with Crippen LogP contribution in [0.25, 0.3) is 0 Å². The molecule has 116 valence electrons. The van der Waals surface area contributed by atoms with Gasteiger partial charge in [0.1, 0.15) is 5.82 Å². The summed E-state index contributed by atoms with van der Waals surface area (Å²) in [5.74, 6) is 0.647. The van der Waals surface area contributed by atoms with Crippen molar-refractivity contribution < 1.29 is 9.90 Å². The van der Waals surface area contributed by atoms with Gasteiger partial charge in [0.2, 0.25) is 0 Å². The lowest BCUT2D eigenvalue weighted by molar-refractivity contribution is 0.0157. The van der Waals surface area contributed by atoms with E-state index in [4.69, 9.17) is 0 Å². The molecule has 0 radical (unpaired) electrons. The average molecular weight is 291 g/mol. The Balaban J connectivity index is 2.11. The molecule has 5 heteroatoms. The first-order valence-corrected chi connectivity index (χ1v) is 7.64. The van der Waals surface area contributed by atoms with Crippen molar-refractivity contribution in [3.63, 3.8) is 0 Å². The monoisotopic (exact) mass is 291 g/mol. The maximum absolute atomic E-state index is 12.5. The van der Waals surface area contributed by atoms with Crippen LogP contribution in [-0.4, -0.2) is 46.6 Å². The highest BCUT2D eigenvalue weighted by Crippen LogP contribution is 2.30. The molecule has 2 rings (SSSR count). The van der Waals surface area contributed by atoms with Crippen LogP contribution in [-0.2, 0) is 0 Å². The molecular weight excluding hydrogens is 266 g/mol. The number of hydrogen-bond acceptors (Lipinski definition) is 4. The largest absolute Gasteiger partial charge is 0.388 e. The summed E-state index contributed by atoms with van der Waals surface area (Å²) in [6.07, 6.45) is 3.64. The molecule has 1 aliphatic rings. The third-order valence-corrected chi connectivity index (χ3v) is 3.97. The van der Waals surface area contributed by atoms with Gasteiger partial charge >= 0.3 is 0 Å². The third-order valence-electron chi connectivity index (χ3n) is 3.97. The van der Waals surface area contributed by atoms with Crippen LogP contribution in [0.1, 0.15) is 48.7 Å². The summed E-state index contributed by atoms with van der Waals surface area (Å²) in [5.41, 5.74) is 0.712. The molecule has 0 saturated heterocycles. The van der Waals surface area contributed by atoms with E-state index in [0.717, 1.165) is 37.9 Å². The minimum Gasteiger partial charge on any atom is -0.388 e. The molecule has 0 aromatic carbocycles. The number of aliphatic hydroxyl groups is 1. The minimum atomic E-state index is -0.711. The van der Waals surface area contributed by atoms with E-state index in [0.29, 0.717) is 17.9 Å². The predicted octanol–water partition coefficient (Wildman–Crippen LogP) is 2.20. The van der Waals surface area contributed by atoms with Crippen molar-refractivity contribution in [1.82, 2.24) is 9.88 Å². The highest BCUT2D eigenvalue weighted by Gasteiger charge is 2.33. The quantitative estimate of drug-likeness (QED) is 0.873. The minimum absolute atomic E-state index is 0.0695. The van der Waals surface area contributed by atoms with Gasteiger partial charge in [-0.25, -0.2) is 4.98 Å². The van der Waals surface area contributed by atoms with Crippen LogP contribution in [0.5, 0.6) is 0 Å². The molecule has 0 unspecified atom stereocenters. The van der Waals surface area contributed by atoms with Gasteiger partial charge in [-0.1, -0.05) is 12.8 Å². The Labute approximate surface area is 126 Å². The maximum atomic E-state index is 12.5. The van der Waals surface area contributed by atoms with Gasteiger partial charge in [0.25, 0.3) is 5.91 Å². The highest BCUT2D eigenvalue weighted by atomic mass is 16.3. The molecule has 1 saturated carbocycles. The smallest absolute Gasteiger partial charge is 0.253 e. The number of carbonyl (C=O) groups is 1. The van der Waals surface area contributed by atoms with Gasteiger partial charge in [-0.05, 0) is 38.8 Å². The predicted molar refractivity (Wildman–Crippen MR) is 83.5 cm³/mol. The number of rotatable bonds is 5. The third kappa shape index (κ3) is 3.94. The number of nitrogens with zero attached hydrogens (tertiary/aromatic N) is 2. The van der Waals surface area contributed by atoms with Crippen molar-refractivity contribution in [3.8, 4) is 0 Å². The van der Waals surface area contributed by atoms with E-state index in [9.17, 15) is 9.90 Å². The van der Waals surface area contributed by atoms with Gasteiger partial charge in [0.15, 0.2) is 0 Å². The number of nitrogens with one attached hydrogen (secondary N) is 1. The van der Waals surface area contributed by atoms with Crippen molar-refractivity contribution in [3.05, 3.63) is 23.4 Å². The van der Waals surface area contributed by atoms with E-state index in [1.807, 2.05) is 13.8 Å². The molecule has 1 amide bonds. The molecular formula is C16H25N3O2. The lowest BCUT2D eigenvalue weighted by Gasteiger charge is -2.28. The Hall–Kier alpha value is -1.62. The van der Waals surface area contributed by atoms with E-state index < -0.39 is 5.60 Å². The first-order chi connectivity index (χ1) is 9.93. The van der Waals surface area contributed by atoms with Crippen LogP contribution in [0.4, 0.5) is 5.82 Å². The zero-order chi connectivity index (χ0) is 15.5. The van der Waals surface area contributed by atoms with Gasteiger partial charge in [-0.15, -0.1) is 0 Å². The first-order valence-electron chi connectivity index (χ1n) is 7.64. The second-order valence-electron chi connectivity index (χ2n) is 6.01. The fourth-order valence-corrected chi connectivity index (χ4v) is 2.99. The fraction of sp³-hybridized carbons (Fsp3) is 0.625. The lowest BCUT2D eigenvalue weighted by atomic mass is 10.0. The van der Waals surface area contributed by atoms with Crippen molar-refractivity contribution in [2.24, 2.45) is 0 Å². The Morgan fingerprint density at radius 2 is 2.10 bits per heavy atom. The van der Waals surface area contributed by atoms with Crippen LogP contribution in [0, 0.1) is 6.92 Å². The summed E-state index contributed by atoms with van der Waals surface area (Å²) in [5, 5.41) is 13.6. The number of aromatic nitrogens is 1. The number of aryl methyl sites for hydroxylation is 1. The molecule has 0 aliphatic heterocycles. The summed E-state index contributed by atoms with van der Waals surface area (Å²) in [4.78, 5) is 18.5. The standard InChI is InChI=1S/C16H25N3O2/c1-4-17-14-10-13(9-12(2)18-14)15(20)19(3)11-16(21)7-5-6-8-16/h9-10,21H,4-8,11H2,1-3H3,(H,17,18). The van der Waals surface area contributed by atoms with Gasteiger partial charge < -0.3 is 15.3 Å². The van der Waals surface area contributed by atoms with Gasteiger partial charge in [-0.3, -0.25) is 4.79 Å². The molecule has 1 aromatic rings. The number of carbonyl (C=O) groups excluding carboxylic acids is 1. The van der Waals surface area contributed by atoms with E-state index in [2.05, 4.69) is 10.3 Å². The van der Waals surface area contributed by atoms with E-state index in [-0.39, 0.29) is 5.91 Å². The molecule has 21 heavy (non-hydrogen) atoms. The SMILES string of the molecule is CCNc1cc(C(=O)N(C)CC2(O)CCCC2)cc(C)n1. The van der Waals surface area contributed by atoms with Gasteiger partial charge in [0, 0.05) is 31.4 Å². The number of anilines is 1. The van der Waals surface area contributed by atoms with Crippen molar-refractivity contribution in [1.29, 1.82) is 0 Å². The molecule has 1 heterocycles. The van der Waals surface area contributed by atoms with Gasteiger partial charge in [-0.2, -0.15) is 0 Å². The molecule has 1 fully saturated rings. The highest BCUT2D eigenvalue weighted by molar-refractivity contribution is 5.94. The van der Waals surface area contributed by atoms with E-state index >= 15 is 0 Å². The summed E-state index contributed by atoms with van der Waals surface area (Å²) in [6.45, 7) is 5.03. The van der Waals surface area contributed by atoms with E-state index in [1.165, 1.54) is 0 Å². The molecule has 5 nitrogen and oxygen atoms in total. The Morgan fingerprint density at radius 1 is 1.43 bits per heavy atom. The number of likely N-dealkylation sites (N-methyl/N-ethyl adjacent to an activating group) is 1. The summed E-state index contributed by atoms with van der Waals surface area (Å²) >= 11 is 0. The Bertz CT molecular complexity index is 510. The second kappa shape index (κ2) is 6.43. The molecule has 2 N–H and O–H groups in total. The number of pyridine rings is 1. The normalized spacial score (nSPS) is 16.8. The lowest BCUT2D eigenvalue weighted by Crippen LogP contribution is -2.42. The second-order valence-corrected chi connectivity index (χ2v) is 6.01. The summed E-state index contributed by atoms with van der Waals surface area (Å²) in [7, 11) is 1.75. The van der Waals surface area contributed by atoms with E-state index in [1.54, 1.807) is 24.1 Å². The Kier molecular flexibility index (Phi) is 4.83. The molecule has 1 aromatic heterocycles. The van der Waals surface area contributed by atoms with Crippen molar-refractivity contribution in [2.75, 3.05) is 25.5 Å². The topological polar surface area (TPSA) is 65.5 Å². The fourth-order valence-electron chi connectivity index (χ4n) is 2.99. The van der Waals surface area contributed by atoms with Crippen LogP contribution in [0.15, 0.2) is 12.1 Å². The summed E-state index contributed by atoms with van der Waals surface area (Å²) in [6, 6.07) is 3.56. The molecule has 0 spiro atoms. The zero-order valence-corrected chi connectivity index (χ0v) is 13.1. The van der Waals surface area contributed by atoms with Crippen LogP contribution in [0.2, 0.25) is 0 Å². The Morgan fingerprint density at radius 3 is 2.71 bits per heavy atom. The summed E-state index contributed by atoms with van der Waals surface area (Å²) < 4.78 is 0. The van der Waals surface area contributed by atoms with Crippen LogP contribution < -0.4 is 5.32 Å².